The molecule has 0 saturated heterocycles. The first-order valence-corrected chi connectivity index (χ1v) is 8.77. The van der Waals surface area contributed by atoms with Crippen LogP contribution in [0, 0.1) is 0 Å². The number of para-hydroxylation sites is 1. The number of nitrogens with one attached hydrogen (secondary N) is 1. The molecule has 1 amide bonds. The van der Waals surface area contributed by atoms with Crippen LogP contribution < -0.4 is 10.2 Å². The molecule has 0 spiro atoms. The van der Waals surface area contributed by atoms with Gasteiger partial charge in [-0.15, -0.1) is 11.3 Å². The van der Waals surface area contributed by atoms with Gasteiger partial charge in [-0.1, -0.05) is 25.1 Å². The van der Waals surface area contributed by atoms with Gasteiger partial charge in [-0.3, -0.25) is 4.79 Å². The molecule has 3 nitrogen and oxygen atoms in total. The smallest absolute Gasteiger partial charge is 0.261 e. The maximum atomic E-state index is 12.2. The first-order chi connectivity index (χ1) is 10.7. The first kappa shape index (κ1) is 15.1. The number of hydrogen-bond donors (Lipinski definition) is 1. The minimum absolute atomic E-state index is 0.0379. The Kier molecular flexibility index (Phi) is 4.48. The number of aryl methyl sites for hydroxylation is 1. The fourth-order valence-electron chi connectivity index (χ4n) is 2.75. The van der Waals surface area contributed by atoms with Crippen molar-refractivity contribution < 1.29 is 4.79 Å². The molecule has 0 saturated carbocycles. The monoisotopic (exact) mass is 314 g/mol. The number of fused-ring (bicyclic) bond motifs is 1. The minimum atomic E-state index is 0.0379. The number of hydrogen-bond acceptors (Lipinski definition) is 3. The Morgan fingerprint density at radius 3 is 2.95 bits per heavy atom. The Labute approximate surface area is 136 Å². The molecule has 1 unspecified atom stereocenters. The van der Waals surface area contributed by atoms with Crippen molar-refractivity contribution in [1.82, 2.24) is 5.32 Å². The Bertz CT molecular complexity index is 665. The van der Waals surface area contributed by atoms with Crippen molar-refractivity contribution in [2.45, 2.75) is 39.2 Å². The Morgan fingerprint density at radius 2 is 2.14 bits per heavy atom. The van der Waals surface area contributed by atoms with Crippen LogP contribution >= 0.6 is 11.3 Å². The molecule has 116 valence electrons. The van der Waals surface area contributed by atoms with Gasteiger partial charge < -0.3 is 10.2 Å². The van der Waals surface area contributed by atoms with Crippen molar-refractivity contribution in [3.05, 3.63) is 46.8 Å². The summed E-state index contributed by atoms with van der Waals surface area (Å²) in [5, 5.41) is 4.19. The second-order valence-corrected chi connectivity index (χ2v) is 6.87. The van der Waals surface area contributed by atoms with Crippen LogP contribution in [-0.4, -0.2) is 18.5 Å². The van der Waals surface area contributed by atoms with Gasteiger partial charge in [0.05, 0.1) is 9.88 Å². The first-order valence-electron chi connectivity index (χ1n) is 7.95. The quantitative estimate of drug-likeness (QED) is 0.909. The van der Waals surface area contributed by atoms with Crippen molar-refractivity contribution in [2.75, 3.05) is 11.4 Å². The number of amides is 1. The second kappa shape index (κ2) is 6.53. The average molecular weight is 314 g/mol. The molecule has 0 aliphatic carbocycles. The average Bonchev–Trinajstić information content (AvgIpc) is 3.04. The fraction of sp³-hybridized carbons (Fsp3) is 0.389. The van der Waals surface area contributed by atoms with E-state index in [0.717, 1.165) is 35.7 Å². The summed E-state index contributed by atoms with van der Waals surface area (Å²) < 4.78 is 0. The number of rotatable bonds is 4. The Morgan fingerprint density at radius 1 is 1.32 bits per heavy atom. The summed E-state index contributed by atoms with van der Waals surface area (Å²) in [4.78, 5) is 15.4. The highest BCUT2D eigenvalue weighted by atomic mass is 32.1. The van der Waals surface area contributed by atoms with E-state index in [4.69, 9.17) is 0 Å². The van der Waals surface area contributed by atoms with E-state index in [-0.39, 0.29) is 11.9 Å². The topological polar surface area (TPSA) is 32.3 Å². The molecule has 1 aliphatic rings. The number of carbonyl (C=O) groups excluding carboxylic acids is 1. The molecule has 1 aromatic heterocycles. The molecule has 2 heterocycles. The van der Waals surface area contributed by atoms with Gasteiger partial charge in [0, 0.05) is 18.3 Å². The summed E-state index contributed by atoms with van der Waals surface area (Å²) in [5.74, 6) is 0.0379. The van der Waals surface area contributed by atoms with Crippen LogP contribution in [0.5, 0.6) is 0 Å². The van der Waals surface area contributed by atoms with Crippen molar-refractivity contribution in [3.63, 3.8) is 0 Å². The van der Waals surface area contributed by atoms with Gasteiger partial charge in [-0.25, -0.2) is 0 Å². The normalized spacial score (nSPS) is 15.3. The van der Waals surface area contributed by atoms with Crippen molar-refractivity contribution >= 4 is 27.9 Å². The zero-order valence-corrected chi connectivity index (χ0v) is 14.0. The molecule has 1 aromatic carbocycles. The Balaban J connectivity index is 1.82. The van der Waals surface area contributed by atoms with Crippen LogP contribution in [0.2, 0.25) is 0 Å². The number of carbonyl (C=O) groups is 1. The predicted octanol–water partition coefficient (Wildman–Crippen LogP) is 4.36. The molecule has 4 heteroatoms. The van der Waals surface area contributed by atoms with E-state index in [1.807, 2.05) is 13.0 Å². The number of nitrogens with zero attached hydrogens (tertiary/aromatic N) is 1. The molecule has 1 N–H and O–H groups in total. The van der Waals surface area contributed by atoms with Gasteiger partial charge in [0.1, 0.15) is 0 Å². The lowest BCUT2D eigenvalue weighted by Crippen LogP contribution is -2.31. The SMILES string of the molecule is CCC(C)NC(=O)c1ccc(N2CCCc3ccccc32)s1. The molecular formula is C18H22N2OS. The van der Waals surface area contributed by atoms with Crippen LogP contribution in [0.3, 0.4) is 0 Å². The summed E-state index contributed by atoms with van der Waals surface area (Å²) in [6, 6.07) is 12.8. The highest BCUT2D eigenvalue weighted by Gasteiger charge is 2.20. The summed E-state index contributed by atoms with van der Waals surface area (Å²) in [6.45, 7) is 5.13. The highest BCUT2D eigenvalue weighted by Crippen LogP contribution is 2.37. The summed E-state index contributed by atoms with van der Waals surface area (Å²) in [7, 11) is 0. The lowest BCUT2D eigenvalue weighted by atomic mass is 10.0. The number of benzene rings is 1. The predicted molar refractivity (Wildman–Crippen MR) is 93.3 cm³/mol. The standard InChI is InChI=1S/C18H22N2OS/c1-3-13(2)19-18(21)16-10-11-17(22-16)20-12-6-8-14-7-4-5-9-15(14)20/h4-5,7,9-11,13H,3,6,8,12H2,1-2H3,(H,19,21). The number of anilines is 2. The van der Waals surface area contributed by atoms with Gasteiger partial charge in [0.25, 0.3) is 5.91 Å². The molecule has 1 atom stereocenters. The minimum Gasteiger partial charge on any atom is -0.349 e. The molecular weight excluding hydrogens is 292 g/mol. The zero-order valence-electron chi connectivity index (χ0n) is 13.1. The van der Waals surface area contributed by atoms with Crippen LogP contribution in [0.4, 0.5) is 10.7 Å². The van der Waals surface area contributed by atoms with Crippen molar-refractivity contribution in [2.24, 2.45) is 0 Å². The molecule has 22 heavy (non-hydrogen) atoms. The maximum absolute atomic E-state index is 12.2. The van der Waals surface area contributed by atoms with Gasteiger partial charge in [-0.2, -0.15) is 0 Å². The van der Waals surface area contributed by atoms with E-state index in [1.54, 1.807) is 11.3 Å². The zero-order chi connectivity index (χ0) is 15.5. The van der Waals surface area contributed by atoms with Crippen molar-refractivity contribution in [3.8, 4) is 0 Å². The summed E-state index contributed by atoms with van der Waals surface area (Å²) in [5.41, 5.74) is 2.68. The van der Waals surface area contributed by atoms with Crippen LogP contribution in [0.1, 0.15) is 41.9 Å². The van der Waals surface area contributed by atoms with Gasteiger partial charge in [0.2, 0.25) is 0 Å². The van der Waals surface area contributed by atoms with Crippen molar-refractivity contribution in [1.29, 1.82) is 0 Å². The van der Waals surface area contributed by atoms with E-state index in [9.17, 15) is 4.79 Å². The van der Waals surface area contributed by atoms with E-state index in [0.29, 0.717) is 0 Å². The molecule has 0 bridgehead atoms. The Hall–Kier alpha value is -1.81. The third-order valence-electron chi connectivity index (χ3n) is 4.18. The number of thiophene rings is 1. The largest absolute Gasteiger partial charge is 0.349 e. The van der Waals surface area contributed by atoms with Gasteiger partial charge in [-0.05, 0) is 49.9 Å². The second-order valence-electron chi connectivity index (χ2n) is 5.80. The molecule has 3 rings (SSSR count). The molecule has 0 radical (unpaired) electrons. The molecule has 2 aromatic rings. The van der Waals surface area contributed by atoms with Gasteiger partial charge >= 0.3 is 0 Å². The summed E-state index contributed by atoms with van der Waals surface area (Å²) >= 11 is 1.58. The van der Waals surface area contributed by atoms with E-state index < -0.39 is 0 Å². The van der Waals surface area contributed by atoms with Crippen LogP contribution in [-0.2, 0) is 6.42 Å². The molecule has 0 fully saturated rings. The van der Waals surface area contributed by atoms with E-state index >= 15 is 0 Å². The van der Waals surface area contributed by atoms with Crippen LogP contribution in [0.15, 0.2) is 36.4 Å². The van der Waals surface area contributed by atoms with Gasteiger partial charge in [0.15, 0.2) is 0 Å². The maximum Gasteiger partial charge on any atom is 0.261 e. The summed E-state index contributed by atoms with van der Waals surface area (Å²) in [6.07, 6.45) is 3.24. The van der Waals surface area contributed by atoms with E-state index in [1.165, 1.54) is 11.3 Å². The highest BCUT2D eigenvalue weighted by molar-refractivity contribution is 7.18. The van der Waals surface area contributed by atoms with E-state index in [2.05, 4.69) is 47.5 Å². The molecule has 1 aliphatic heterocycles. The lowest BCUT2D eigenvalue weighted by molar-refractivity contribution is 0.0943. The third-order valence-corrected chi connectivity index (χ3v) is 5.29. The van der Waals surface area contributed by atoms with Crippen LogP contribution in [0.25, 0.3) is 0 Å². The fourth-order valence-corrected chi connectivity index (χ4v) is 3.70. The lowest BCUT2D eigenvalue weighted by Gasteiger charge is -2.30. The third kappa shape index (κ3) is 3.02.